The van der Waals surface area contributed by atoms with Gasteiger partial charge in [0.2, 0.25) is 0 Å². The summed E-state index contributed by atoms with van der Waals surface area (Å²) in [5.41, 5.74) is 1.51. The predicted molar refractivity (Wildman–Crippen MR) is 81.6 cm³/mol. The van der Waals surface area contributed by atoms with E-state index in [-0.39, 0.29) is 11.9 Å². The lowest BCUT2D eigenvalue weighted by molar-refractivity contribution is 0.101. The SMILES string of the molecule is CC(=O)c1ccc2nc(N3CC(OS(C)(=O)=O)C3)sc2c1. The van der Waals surface area contributed by atoms with E-state index in [0.717, 1.165) is 21.6 Å². The Hall–Kier alpha value is -1.51. The predicted octanol–water partition coefficient (Wildman–Crippen LogP) is 1.66. The number of carbonyl (C=O) groups is 1. The number of Topliss-reactive ketones (excluding diaryl/α,β-unsaturated/α-hetero) is 1. The van der Waals surface area contributed by atoms with Crippen LogP contribution in [0.15, 0.2) is 18.2 Å². The van der Waals surface area contributed by atoms with Crippen molar-refractivity contribution in [2.24, 2.45) is 0 Å². The molecule has 0 radical (unpaired) electrons. The third kappa shape index (κ3) is 3.07. The van der Waals surface area contributed by atoms with Gasteiger partial charge in [-0.1, -0.05) is 11.3 Å². The first-order chi connectivity index (χ1) is 9.82. The number of benzene rings is 1. The molecule has 0 aliphatic carbocycles. The lowest BCUT2D eigenvalue weighted by atomic mass is 10.1. The summed E-state index contributed by atoms with van der Waals surface area (Å²) in [7, 11) is -3.41. The maximum atomic E-state index is 11.4. The van der Waals surface area contributed by atoms with Crippen LogP contribution >= 0.6 is 11.3 Å². The quantitative estimate of drug-likeness (QED) is 0.628. The van der Waals surface area contributed by atoms with Crippen molar-refractivity contribution < 1.29 is 17.4 Å². The summed E-state index contributed by atoms with van der Waals surface area (Å²) in [5, 5.41) is 0.819. The first kappa shape index (κ1) is 14.4. The van der Waals surface area contributed by atoms with E-state index in [1.165, 1.54) is 18.3 Å². The highest BCUT2D eigenvalue weighted by molar-refractivity contribution is 7.86. The van der Waals surface area contributed by atoms with Crippen molar-refractivity contribution in [1.82, 2.24) is 4.98 Å². The molecule has 0 amide bonds. The van der Waals surface area contributed by atoms with E-state index in [1.54, 1.807) is 6.07 Å². The number of hydrogen-bond acceptors (Lipinski definition) is 7. The number of anilines is 1. The van der Waals surface area contributed by atoms with Gasteiger partial charge >= 0.3 is 0 Å². The Morgan fingerprint density at radius 3 is 2.76 bits per heavy atom. The number of carbonyl (C=O) groups excluding carboxylic acids is 1. The number of fused-ring (bicyclic) bond motifs is 1. The Morgan fingerprint density at radius 2 is 2.14 bits per heavy atom. The molecule has 8 heteroatoms. The number of thiazole rings is 1. The zero-order chi connectivity index (χ0) is 15.2. The molecule has 0 saturated carbocycles. The minimum Gasteiger partial charge on any atom is -0.343 e. The zero-order valence-electron chi connectivity index (χ0n) is 11.6. The second-order valence-electron chi connectivity index (χ2n) is 5.06. The van der Waals surface area contributed by atoms with Crippen LogP contribution in [0.2, 0.25) is 0 Å². The topological polar surface area (TPSA) is 76.6 Å². The number of ketones is 1. The summed E-state index contributed by atoms with van der Waals surface area (Å²) in [4.78, 5) is 17.8. The maximum absolute atomic E-state index is 11.4. The van der Waals surface area contributed by atoms with Gasteiger partial charge in [0.1, 0.15) is 6.10 Å². The van der Waals surface area contributed by atoms with Crippen LogP contribution in [0.25, 0.3) is 10.2 Å². The average Bonchev–Trinajstić information content (AvgIpc) is 2.73. The Balaban J connectivity index is 1.76. The molecular formula is C13H14N2O4S2. The summed E-state index contributed by atoms with van der Waals surface area (Å²) in [5.74, 6) is 0.0254. The molecule has 1 aliphatic heterocycles. The van der Waals surface area contributed by atoms with Crippen LogP contribution in [0.3, 0.4) is 0 Å². The first-order valence-electron chi connectivity index (χ1n) is 6.36. The summed E-state index contributed by atoms with van der Waals surface area (Å²) < 4.78 is 27.9. The van der Waals surface area contributed by atoms with Crippen LogP contribution in [0.5, 0.6) is 0 Å². The molecule has 1 saturated heterocycles. The van der Waals surface area contributed by atoms with E-state index in [2.05, 4.69) is 4.98 Å². The van der Waals surface area contributed by atoms with Crippen molar-refractivity contribution >= 4 is 42.6 Å². The number of aromatic nitrogens is 1. The van der Waals surface area contributed by atoms with E-state index < -0.39 is 10.1 Å². The molecule has 2 heterocycles. The van der Waals surface area contributed by atoms with E-state index in [9.17, 15) is 13.2 Å². The van der Waals surface area contributed by atoms with Gasteiger partial charge in [-0.3, -0.25) is 8.98 Å². The van der Waals surface area contributed by atoms with Crippen molar-refractivity contribution in [2.45, 2.75) is 13.0 Å². The molecule has 0 bridgehead atoms. The largest absolute Gasteiger partial charge is 0.343 e. The van der Waals surface area contributed by atoms with Gasteiger partial charge in [0.15, 0.2) is 10.9 Å². The maximum Gasteiger partial charge on any atom is 0.264 e. The molecule has 1 aromatic carbocycles. The third-order valence-corrected chi connectivity index (χ3v) is 4.91. The lowest BCUT2D eigenvalue weighted by Crippen LogP contribution is -2.52. The van der Waals surface area contributed by atoms with Crippen molar-refractivity contribution in [1.29, 1.82) is 0 Å². The Bertz CT molecular complexity index is 807. The Kier molecular flexibility index (Phi) is 3.46. The minimum absolute atomic E-state index is 0.0254. The highest BCUT2D eigenvalue weighted by Crippen LogP contribution is 2.32. The van der Waals surface area contributed by atoms with Gasteiger partial charge in [-0.15, -0.1) is 0 Å². The number of hydrogen-bond donors (Lipinski definition) is 0. The highest BCUT2D eigenvalue weighted by Gasteiger charge is 2.32. The van der Waals surface area contributed by atoms with E-state index in [4.69, 9.17) is 4.18 Å². The van der Waals surface area contributed by atoms with Crippen LogP contribution in [0.1, 0.15) is 17.3 Å². The first-order valence-corrected chi connectivity index (χ1v) is 9.00. The summed E-state index contributed by atoms with van der Waals surface area (Å²) in [6, 6.07) is 5.43. The molecule has 3 rings (SSSR count). The van der Waals surface area contributed by atoms with Gasteiger partial charge < -0.3 is 4.90 Å². The van der Waals surface area contributed by atoms with Crippen LogP contribution in [-0.2, 0) is 14.3 Å². The fraction of sp³-hybridized carbons (Fsp3) is 0.385. The van der Waals surface area contributed by atoms with Crippen molar-refractivity contribution in [3.63, 3.8) is 0 Å². The van der Waals surface area contributed by atoms with Gasteiger partial charge in [0, 0.05) is 18.7 Å². The van der Waals surface area contributed by atoms with Crippen LogP contribution in [0.4, 0.5) is 5.13 Å². The molecule has 0 spiro atoms. The van der Waals surface area contributed by atoms with Crippen molar-refractivity contribution in [3.8, 4) is 0 Å². The summed E-state index contributed by atoms with van der Waals surface area (Å²) >= 11 is 1.49. The fourth-order valence-corrected chi connectivity index (χ4v) is 3.81. The monoisotopic (exact) mass is 326 g/mol. The van der Waals surface area contributed by atoms with Gasteiger partial charge in [-0.25, -0.2) is 4.98 Å². The van der Waals surface area contributed by atoms with Crippen LogP contribution < -0.4 is 4.90 Å². The van der Waals surface area contributed by atoms with Crippen LogP contribution in [0, 0.1) is 0 Å². The second-order valence-corrected chi connectivity index (χ2v) is 7.67. The molecule has 0 unspecified atom stereocenters. The molecule has 2 aromatic rings. The molecule has 1 fully saturated rings. The molecule has 0 N–H and O–H groups in total. The van der Waals surface area contributed by atoms with Gasteiger partial charge in [0.25, 0.3) is 10.1 Å². The fourth-order valence-electron chi connectivity index (χ4n) is 2.17. The lowest BCUT2D eigenvalue weighted by Gasteiger charge is -2.37. The molecule has 0 atom stereocenters. The molecule has 6 nitrogen and oxygen atoms in total. The van der Waals surface area contributed by atoms with Gasteiger partial charge in [0.05, 0.1) is 16.5 Å². The molecule has 112 valence electrons. The average molecular weight is 326 g/mol. The van der Waals surface area contributed by atoms with Crippen LogP contribution in [-0.4, -0.2) is 44.6 Å². The summed E-state index contributed by atoms with van der Waals surface area (Å²) in [6.07, 6.45) is 0.746. The third-order valence-electron chi connectivity index (χ3n) is 3.21. The van der Waals surface area contributed by atoms with Gasteiger partial charge in [-0.05, 0) is 25.1 Å². The number of rotatable bonds is 4. The molecule has 1 aromatic heterocycles. The second kappa shape index (κ2) is 5.04. The molecular weight excluding hydrogens is 312 g/mol. The normalized spacial score (nSPS) is 16.2. The Morgan fingerprint density at radius 1 is 1.43 bits per heavy atom. The van der Waals surface area contributed by atoms with E-state index in [0.29, 0.717) is 18.7 Å². The van der Waals surface area contributed by atoms with E-state index >= 15 is 0 Å². The zero-order valence-corrected chi connectivity index (χ0v) is 13.2. The molecule has 1 aliphatic rings. The molecule has 21 heavy (non-hydrogen) atoms. The Labute approximate surface area is 126 Å². The van der Waals surface area contributed by atoms with Gasteiger partial charge in [-0.2, -0.15) is 8.42 Å². The van der Waals surface area contributed by atoms with Crippen molar-refractivity contribution in [3.05, 3.63) is 23.8 Å². The number of nitrogens with zero attached hydrogens (tertiary/aromatic N) is 2. The smallest absolute Gasteiger partial charge is 0.264 e. The standard InChI is InChI=1S/C13H14N2O4S2/c1-8(16)9-3-4-11-12(5-9)20-13(14-11)15-6-10(7-15)19-21(2,17)18/h3-5,10H,6-7H2,1-2H3. The highest BCUT2D eigenvalue weighted by atomic mass is 32.2. The van der Waals surface area contributed by atoms with E-state index in [1.807, 2.05) is 17.0 Å². The minimum atomic E-state index is -3.41. The summed E-state index contributed by atoms with van der Waals surface area (Å²) in [6.45, 7) is 2.55. The van der Waals surface area contributed by atoms with Crippen molar-refractivity contribution in [2.75, 3.05) is 24.2 Å².